The lowest BCUT2D eigenvalue weighted by atomic mass is 9.78. The number of β-lactam (4-membered cyclic amide) rings is 1. The lowest BCUT2D eigenvalue weighted by Gasteiger charge is -2.47. The summed E-state index contributed by atoms with van der Waals surface area (Å²) in [6.07, 6.45) is 1.39. The molecule has 4 aliphatic rings. The summed E-state index contributed by atoms with van der Waals surface area (Å²) in [5, 5.41) is 15.9. The third-order valence-electron chi connectivity index (χ3n) is 7.12. The second kappa shape index (κ2) is 9.24. The summed E-state index contributed by atoms with van der Waals surface area (Å²) in [7, 11) is 0. The van der Waals surface area contributed by atoms with Crippen molar-refractivity contribution >= 4 is 35.5 Å². The molecule has 7 atom stereocenters. The molecule has 3 fully saturated rings. The molecule has 0 saturated carbocycles. The highest BCUT2D eigenvalue weighted by Gasteiger charge is 2.60. The van der Waals surface area contributed by atoms with Crippen LogP contribution in [0.2, 0.25) is 0 Å². The van der Waals surface area contributed by atoms with Gasteiger partial charge in [-0.2, -0.15) is 0 Å². The van der Waals surface area contributed by atoms with Gasteiger partial charge in [-0.3, -0.25) is 14.4 Å². The zero-order chi connectivity index (χ0) is 24.0. The fourth-order valence-electron chi connectivity index (χ4n) is 5.47. The minimum atomic E-state index is -1.14. The van der Waals surface area contributed by atoms with Crippen molar-refractivity contribution in [2.75, 3.05) is 26.2 Å². The van der Waals surface area contributed by atoms with E-state index in [1.807, 2.05) is 6.92 Å². The van der Waals surface area contributed by atoms with E-state index in [0.29, 0.717) is 31.0 Å². The summed E-state index contributed by atoms with van der Waals surface area (Å²) in [6.45, 7) is 5.30. The Balaban J connectivity index is 1.44. The highest BCUT2D eigenvalue weighted by atomic mass is 32.2. The number of carbonyl (C=O) groups excluding carboxylic acids is 3. The maximum Gasteiger partial charge on any atom is 0.353 e. The second-order valence-electron chi connectivity index (χ2n) is 9.36. The van der Waals surface area contributed by atoms with Crippen molar-refractivity contribution in [1.29, 1.82) is 0 Å². The van der Waals surface area contributed by atoms with Crippen LogP contribution in [0.15, 0.2) is 10.6 Å². The molecule has 0 aliphatic carbocycles. The van der Waals surface area contributed by atoms with Gasteiger partial charge in [0.05, 0.1) is 24.5 Å². The number of aliphatic carboxylic acids is 1. The molecular weight excluding hydrogens is 448 g/mol. The van der Waals surface area contributed by atoms with Gasteiger partial charge < -0.3 is 37.0 Å². The van der Waals surface area contributed by atoms with Gasteiger partial charge in [-0.05, 0) is 19.8 Å². The molecule has 12 heteroatoms. The van der Waals surface area contributed by atoms with Gasteiger partial charge >= 0.3 is 5.97 Å². The Morgan fingerprint density at radius 1 is 1.36 bits per heavy atom. The molecule has 3 saturated heterocycles. The minimum Gasteiger partial charge on any atom is -0.477 e. The Morgan fingerprint density at radius 3 is 2.70 bits per heavy atom. The third-order valence-corrected chi connectivity index (χ3v) is 8.63. The molecular formula is C21H32N6O5S. The molecule has 0 radical (unpaired) electrons. The monoisotopic (exact) mass is 480 g/mol. The van der Waals surface area contributed by atoms with E-state index in [1.54, 1.807) is 11.8 Å². The Labute approximate surface area is 196 Å². The Hall–Kier alpha value is -2.15. The van der Waals surface area contributed by atoms with E-state index < -0.39 is 17.9 Å². The molecule has 1 unspecified atom stereocenters. The number of nitrogens with one attached hydrogen (secondary N) is 2. The average molecular weight is 481 g/mol. The average Bonchev–Trinajstić information content (AvgIpc) is 3.46. The maximum atomic E-state index is 12.9. The van der Waals surface area contributed by atoms with Gasteiger partial charge in [0.15, 0.2) is 0 Å². The standard InChI is InChI=1S/C21H32N6O5S/c1-9-16-15(10(2)25-14(28)6-22)20(30)27(16)17(21(31)32)18(9)33-12-5-13(24-7-12)19(29)26-4-3-11(23)8-26/h9-13,15-16,24H,3-8,22-23H2,1-2H3,(H,25,28)(H,31,32)/t9-,10-,11?,12+,13+,15-,16-/m1/s1. The summed E-state index contributed by atoms with van der Waals surface area (Å²) in [5.41, 5.74) is 11.3. The first-order valence-corrected chi connectivity index (χ1v) is 12.3. The molecule has 3 amide bonds. The van der Waals surface area contributed by atoms with Gasteiger partial charge in [0.2, 0.25) is 17.7 Å². The largest absolute Gasteiger partial charge is 0.477 e. The third kappa shape index (κ3) is 4.25. The van der Waals surface area contributed by atoms with Crippen LogP contribution in [0.4, 0.5) is 0 Å². The number of carbonyl (C=O) groups is 4. The SMILES string of the molecule is C[C@@H](NC(=O)CN)[C@H]1C(=O)N2C(C(=O)O)=C(S[C@@H]3CN[C@H](C(=O)N4CCC(N)C4)C3)[C@H](C)[C@H]12. The summed E-state index contributed by atoms with van der Waals surface area (Å²) in [6, 6.07) is -1.05. The van der Waals surface area contributed by atoms with Crippen molar-refractivity contribution in [1.82, 2.24) is 20.4 Å². The van der Waals surface area contributed by atoms with Crippen molar-refractivity contribution in [2.45, 2.75) is 56.1 Å². The molecule has 0 aromatic rings. The molecule has 33 heavy (non-hydrogen) atoms. The summed E-state index contributed by atoms with van der Waals surface area (Å²) >= 11 is 1.44. The quantitative estimate of drug-likeness (QED) is 0.265. The van der Waals surface area contributed by atoms with Crippen molar-refractivity contribution in [3.63, 3.8) is 0 Å². The zero-order valence-corrected chi connectivity index (χ0v) is 19.6. The van der Waals surface area contributed by atoms with Crippen LogP contribution in [-0.2, 0) is 19.2 Å². The van der Waals surface area contributed by atoms with Crippen molar-refractivity contribution < 1.29 is 24.3 Å². The van der Waals surface area contributed by atoms with Crippen LogP contribution >= 0.6 is 11.8 Å². The molecule has 0 aromatic heterocycles. The van der Waals surface area contributed by atoms with Crippen molar-refractivity contribution in [3.05, 3.63) is 10.6 Å². The zero-order valence-electron chi connectivity index (χ0n) is 18.8. The van der Waals surface area contributed by atoms with E-state index in [2.05, 4.69) is 10.6 Å². The first kappa shape index (κ1) is 24.0. The van der Waals surface area contributed by atoms with Crippen molar-refractivity contribution in [2.24, 2.45) is 23.3 Å². The van der Waals surface area contributed by atoms with E-state index in [9.17, 15) is 24.3 Å². The Morgan fingerprint density at radius 2 is 2.09 bits per heavy atom. The van der Waals surface area contributed by atoms with Gasteiger partial charge in [0.25, 0.3) is 0 Å². The predicted octanol–water partition coefficient (Wildman–Crippen LogP) is -1.75. The van der Waals surface area contributed by atoms with Gasteiger partial charge in [0.1, 0.15) is 5.70 Å². The lowest BCUT2D eigenvalue weighted by molar-refractivity contribution is -0.158. The second-order valence-corrected chi connectivity index (χ2v) is 10.7. The predicted molar refractivity (Wildman–Crippen MR) is 122 cm³/mol. The fraction of sp³-hybridized carbons (Fsp3) is 0.714. The molecule has 0 bridgehead atoms. The highest BCUT2D eigenvalue weighted by Crippen LogP contribution is 2.51. The smallest absolute Gasteiger partial charge is 0.353 e. The summed E-state index contributed by atoms with van der Waals surface area (Å²) in [4.78, 5) is 53.3. The van der Waals surface area contributed by atoms with Crippen LogP contribution in [0, 0.1) is 11.8 Å². The summed E-state index contributed by atoms with van der Waals surface area (Å²) < 4.78 is 0. The molecule has 4 rings (SSSR count). The number of nitrogens with two attached hydrogens (primary N) is 2. The number of likely N-dealkylation sites (tertiary alicyclic amines) is 1. The maximum absolute atomic E-state index is 12.9. The molecule has 0 aromatic carbocycles. The minimum absolute atomic E-state index is 0.0173. The topological polar surface area (TPSA) is 171 Å². The first-order valence-electron chi connectivity index (χ1n) is 11.4. The fourth-order valence-corrected chi connectivity index (χ4v) is 6.95. The van der Waals surface area contributed by atoms with Gasteiger partial charge in [-0.1, -0.05) is 6.92 Å². The highest BCUT2D eigenvalue weighted by molar-refractivity contribution is 8.03. The number of amides is 3. The van der Waals surface area contributed by atoms with Gasteiger partial charge in [0, 0.05) is 47.8 Å². The number of rotatable bonds is 7. The van der Waals surface area contributed by atoms with Crippen LogP contribution in [0.5, 0.6) is 0 Å². The molecule has 7 N–H and O–H groups in total. The normalized spacial score (nSPS) is 34.4. The van der Waals surface area contributed by atoms with Crippen LogP contribution in [0.1, 0.15) is 26.7 Å². The van der Waals surface area contributed by atoms with Gasteiger partial charge in [-0.25, -0.2) is 4.79 Å². The molecule has 4 aliphatic heterocycles. The molecule has 0 spiro atoms. The number of hydrogen-bond donors (Lipinski definition) is 5. The van der Waals surface area contributed by atoms with E-state index in [1.165, 1.54) is 16.7 Å². The van der Waals surface area contributed by atoms with E-state index in [4.69, 9.17) is 11.5 Å². The number of hydrogen-bond acceptors (Lipinski definition) is 8. The van der Waals surface area contributed by atoms with Crippen LogP contribution < -0.4 is 22.1 Å². The molecule has 182 valence electrons. The Bertz CT molecular complexity index is 896. The van der Waals surface area contributed by atoms with Crippen LogP contribution in [0.3, 0.4) is 0 Å². The summed E-state index contributed by atoms with van der Waals surface area (Å²) in [5.74, 6) is -2.44. The first-order chi connectivity index (χ1) is 15.6. The van der Waals surface area contributed by atoms with E-state index >= 15 is 0 Å². The Kier molecular flexibility index (Phi) is 6.72. The number of thioether (sulfide) groups is 1. The van der Waals surface area contributed by atoms with Gasteiger partial charge in [-0.15, -0.1) is 11.8 Å². The number of nitrogens with zero attached hydrogens (tertiary/aromatic N) is 2. The van der Waals surface area contributed by atoms with E-state index in [0.717, 1.165) is 6.42 Å². The molecule has 11 nitrogen and oxygen atoms in total. The number of carboxylic acids is 1. The van der Waals surface area contributed by atoms with Crippen LogP contribution in [0.25, 0.3) is 0 Å². The van der Waals surface area contributed by atoms with Crippen molar-refractivity contribution in [3.8, 4) is 0 Å². The lowest BCUT2D eigenvalue weighted by Crippen LogP contribution is -2.66. The molecule has 4 heterocycles. The number of fused-ring (bicyclic) bond motifs is 1. The van der Waals surface area contributed by atoms with Crippen LogP contribution in [-0.4, -0.2) is 94.2 Å². The van der Waals surface area contributed by atoms with E-state index in [-0.39, 0.29) is 59.3 Å². The number of carboxylic acid groups (broad SMARTS) is 1.